The Morgan fingerprint density at radius 2 is 2.00 bits per heavy atom. The number of hydrogen-bond donors (Lipinski definition) is 2. The fraction of sp³-hybridized carbons (Fsp3) is 1.00. The van der Waals surface area contributed by atoms with Gasteiger partial charge < -0.3 is 10.4 Å². The van der Waals surface area contributed by atoms with Gasteiger partial charge in [0.25, 0.3) is 0 Å². The van der Waals surface area contributed by atoms with Crippen LogP contribution in [0.3, 0.4) is 0 Å². The molecule has 0 spiro atoms. The molecule has 0 radical (unpaired) electrons. The maximum atomic E-state index is 8.34. The van der Waals surface area contributed by atoms with Crippen molar-refractivity contribution in [2.45, 2.75) is 26.3 Å². The van der Waals surface area contributed by atoms with E-state index in [-0.39, 0.29) is 12.4 Å². The Kier molecular flexibility index (Phi) is 10.9. The van der Waals surface area contributed by atoms with Gasteiger partial charge in [-0.2, -0.15) is 0 Å². The van der Waals surface area contributed by atoms with E-state index in [0.29, 0.717) is 12.6 Å². The van der Waals surface area contributed by atoms with Crippen LogP contribution >= 0.6 is 12.4 Å². The van der Waals surface area contributed by atoms with Crippen molar-refractivity contribution < 1.29 is 5.11 Å². The highest BCUT2D eigenvalue weighted by Gasteiger charge is 1.88. The quantitative estimate of drug-likeness (QED) is 0.586. The summed E-state index contributed by atoms with van der Waals surface area (Å²) in [6, 6.07) is 0.543. The maximum Gasteiger partial charge on any atom is 0.0443 e. The second kappa shape index (κ2) is 8.21. The molecule has 0 amide bonds. The highest BCUT2D eigenvalue weighted by molar-refractivity contribution is 5.85. The van der Waals surface area contributed by atoms with Crippen LogP contribution in [0.4, 0.5) is 0 Å². The Labute approximate surface area is 63.1 Å². The second-order valence-electron chi connectivity index (χ2n) is 2.19. The van der Waals surface area contributed by atoms with E-state index in [1.54, 1.807) is 0 Å². The Morgan fingerprint density at radius 1 is 1.44 bits per heavy atom. The summed E-state index contributed by atoms with van der Waals surface area (Å²) in [4.78, 5) is 0. The van der Waals surface area contributed by atoms with Crippen LogP contribution in [-0.4, -0.2) is 24.3 Å². The van der Waals surface area contributed by atoms with Crippen molar-refractivity contribution in [1.82, 2.24) is 5.32 Å². The minimum atomic E-state index is 0. The van der Waals surface area contributed by atoms with E-state index in [2.05, 4.69) is 19.2 Å². The monoisotopic (exact) mass is 153 g/mol. The number of aliphatic hydroxyl groups is 1. The average molecular weight is 154 g/mol. The van der Waals surface area contributed by atoms with E-state index in [1.165, 1.54) is 0 Å². The van der Waals surface area contributed by atoms with Gasteiger partial charge in [0, 0.05) is 12.6 Å². The summed E-state index contributed by atoms with van der Waals surface area (Å²) in [6.45, 7) is 5.41. The molecular weight excluding hydrogens is 138 g/mol. The van der Waals surface area contributed by atoms with Gasteiger partial charge in [-0.15, -0.1) is 12.4 Å². The van der Waals surface area contributed by atoms with Crippen LogP contribution < -0.4 is 5.32 Å². The highest BCUT2D eigenvalue weighted by atomic mass is 35.5. The summed E-state index contributed by atoms with van der Waals surface area (Å²) in [5.74, 6) is 0. The first-order chi connectivity index (χ1) is 3.77. The number of aliphatic hydroxyl groups excluding tert-OH is 1. The lowest BCUT2D eigenvalue weighted by Gasteiger charge is -2.04. The van der Waals surface area contributed by atoms with Crippen molar-refractivity contribution in [3.8, 4) is 0 Å². The fourth-order valence-corrected chi connectivity index (χ4v) is 0.470. The summed E-state index contributed by atoms with van der Waals surface area (Å²) < 4.78 is 0. The summed E-state index contributed by atoms with van der Waals surface area (Å²) >= 11 is 0. The Hall–Kier alpha value is 0.210. The Balaban J connectivity index is 0. The van der Waals surface area contributed by atoms with Crippen LogP contribution in [0.1, 0.15) is 20.3 Å². The SMILES string of the molecule is CC(C)NCCCO.Cl. The second-order valence-corrected chi connectivity index (χ2v) is 2.19. The summed E-state index contributed by atoms with van der Waals surface area (Å²) in [6.07, 6.45) is 0.859. The minimum absolute atomic E-state index is 0. The van der Waals surface area contributed by atoms with Crippen LogP contribution in [0.2, 0.25) is 0 Å². The van der Waals surface area contributed by atoms with Gasteiger partial charge in [-0.05, 0) is 13.0 Å². The number of hydrogen-bond acceptors (Lipinski definition) is 2. The van der Waals surface area contributed by atoms with E-state index < -0.39 is 0 Å². The van der Waals surface area contributed by atoms with Crippen LogP contribution in [0, 0.1) is 0 Å². The molecule has 0 unspecified atom stereocenters. The zero-order valence-corrected chi connectivity index (χ0v) is 6.87. The van der Waals surface area contributed by atoms with Gasteiger partial charge in [-0.3, -0.25) is 0 Å². The maximum absolute atomic E-state index is 8.34. The molecule has 0 rings (SSSR count). The van der Waals surface area contributed by atoms with E-state index in [0.717, 1.165) is 13.0 Å². The minimum Gasteiger partial charge on any atom is -0.396 e. The summed E-state index contributed by atoms with van der Waals surface area (Å²) in [7, 11) is 0. The first kappa shape index (κ1) is 11.9. The number of nitrogens with one attached hydrogen (secondary N) is 1. The molecule has 0 heterocycles. The van der Waals surface area contributed by atoms with Crippen molar-refractivity contribution in [2.75, 3.05) is 13.2 Å². The third kappa shape index (κ3) is 11.7. The summed E-state index contributed by atoms with van der Waals surface area (Å²) in [5.41, 5.74) is 0. The predicted octanol–water partition coefficient (Wildman–Crippen LogP) is 0.789. The number of rotatable bonds is 4. The van der Waals surface area contributed by atoms with Gasteiger partial charge >= 0.3 is 0 Å². The topological polar surface area (TPSA) is 32.3 Å². The largest absolute Gasteiger partial charge is 0.396 e. The molecule has 3 heteroatoms. The molecule has 0 aromatic rings. The number of halogens is 1. The van der Waals surface area contributed by atoms with E-state index >= 15 is 0 Å². The molecule has 0 fully saturated rings. The lowest BCUT2D eigenvalue weighted by molar-refractivity contribution is 0.284. The van der Waals surface area contributed by atoms with Crippen molar-refractivity contribution in [3.63, 3.8) is 0 Å². The van der Waals surface area contributed by atoms with Gasteiger partial charge in [-0.1, -0.05) is 13.8 Å². The molecule has 0 atom stereocenters. The molecule has 0 aromatic carbocycles. The Morgan fingerprint density at radius 3 is 2.33 bits per heavy atom. The molecule has 0 bridgehead atoms. The van der Waals surface area contributed by atoms with Gasteiger partial charge in [-0.25, -0.2) is 0 Å². The Bertz CT molecular complexity index is 50.3. The molecule has 0 aliphatic heterocycles. The van der Waals surface area contributed by atoms with Crippen molar-refractivity contribution in [1.29, 1.82) is 0 Å². The van der Waals surface area contributed by atoms with E-state index in [9.17, 15) is 0 Å². The molecule has 0 aliphatic rings. The lowest BCUT2D eigenvalue weighted by atomic mass is 10.3. The highest BCUT2D eigenvalue weighted by Crippen LogP contribution is 1.77. The molecule has 0 aromatic heterocycles. The zero-order chi connectivity index (χ0) is 6.41. The van der Waals surface area contributed by atoms with Gasteiger partial charge in [0.05, 0.1) is 0 Å². The molecule has 2 nitrogen and oxygen atoms in total. The van der Waals surface area contributed by atoms with E-state index in [1.807, 2.05) is 0 Å². The fourth-order valence-electron chi connectivity index (χ4n) is 0.470. The van der Waals surface area contributed by atoms with Crippen molar-refractivity contribution >= 4 is 12.4 Å². The normalized spacial score (nSPS) is 9.33. The van der Waals surface area contributed by atoms with Gasteiger partial charge in [0.15, 0.2) is 0 Å². The molecule has 2 N–H and O–H groups in total. The standard InChI is InChI=1S/C6H15NO.ClH/c1-6(2)7-4-3-5-8;/h6-8H,3-5H2,1-2H3;1H. The third-order valence-corrected chi connectivity index (χ3v) is 0.887. The molecule has 0 aliphatic carbocycles. The van der Waals surface area contributed by atoms with Crippen LogP contribution in [-0.2, 0) is 0 Å². The van der Waals surface area contributed by atoms with Crippen LogP contribution in [0.5, 0.6) is 0 Å². The van der Waals surface area contributed by atoms with Crippen LogP contribution in [0.25, 0.3) is 0 Å². The van der Waals surface area contributed by atoms with Crippen LogP contribution in [0.15, 0.2) is 0 Å². The van der Waals surface area contributed by atoms with E-state index in [4.69, 9.17) is 5.11 Å². The first-order valence-corrected chi connectivity index (χ1v) is 3.11. The lowest BCUT2D eigenvalue weighted by Crippen LogP contribution is -2.24. The van der Waals surface area contributed by atoms with Crippen molar-refractivity contribution in [3.05, 3.63) is 0 Å². The smallest absolute Gasteiger partial charge is 0.0443 e. The third-order valence-electron chi connectivity index (χ3n) is 0.887. The zero-order valence-electron chi connectivity index (χ0n) is 6.05. The molecule has 58 valence electrons. The predicted molar refractivity (Wildman–Crippen MR) is 42.1 cm³/mol. The molecule has 0 saturated carbocycles. The molecular formula is C6H16ClNO. The van der Waals surface area contributed by atoms with Gasteiger partial charge in [0.2, 0.25) is 0 Å². The van der Waals surface area contributed by atoms with Crippen molar-refractivity contribution in [2.24, 2.45) is 0 Å². The average Bonchev–Trinajstić information content (AvgIpc) is 1.66. The molecule has 9 heavy (non-hydrogen) atoms. The molecule has 0 saturated heterocycles. The van der Waals surface area contributed by atoms with Gasteiger partial charge in [0.1, 0.15) is 0 Å². The first-order valence-electron chi connectivity index (χ1n) is 3.11. The summed E-state index contributed by atoms with van der Waals surface area (Å²) in [5, 5.41) is 11.5.